The first-order valence-corrected chi connectivity index (χ1v) is 6.85. The number of carbonyl (C=O) groups is 1. The molecule has 1 aliphatic rings. The summed E-state index contributed by atoms with van der Waals surface area (Å²) >= 11 is 3.37. The van der Waals surface area contributed by atoms with Gasteiger partial charge in [0.2, 0.25) is 0 Å². The maximum Gasteiger partial charge on any atom is 0.345 e. The highest BCUT2D eigenvalue weighted by Gasteiger charge is 2.13. The third kappa shape index (κ3) is 3.66. The van der Waals surface area contributed by atoms with Crippen molar-refractivity contribution < 1.29 is 9.90 Å². The van der Waals surface area contributed by atoms with Crippen molar-refractivity contribution in [3.05, 3.63) is 21.9 Å². The highest BCUT2D eigenvalue weighted by atomic mass is 35.5. The van der Waals surface area contributed by atoms with Crippen molar-refractivity contribution in [2.75, 3.05) is 24.6 Å². The lowest BCUT2D eigenvalue weighted by atomic mass is 10.4. The molecule has 1 fully saturated rings. The van der Waals surface area contributed by atoms with Crippen molar-refractivity contribution in [3.63, 3.8) is 0 Å². The Kier molecular flexibility index (Phi) is 5.61. The van der Waals surface area contributed by atoms with Gasteiger partial charge in [-0.3, -0.25) is 4.90 Å². The molecule has 0 amide bonds. The largest absolute Gasteiger partial charge is 0.477 e. The molecule has 0 aromatic carbocycles. The minimum Gasteiger partial charge on any atom is -0.477 e. The Labute approximate surface area is 109 Å². The SMILES string of the molecule is Cl.O=C(O)c1ccc(CN2CCSCC2)s1. The van der Waals surface area contributed by atoms with Crippen LogP contribution in [0.1, 0.15) is 14.5 Å². The second kappa shape index (κ2) is 6.49. The van der Waals surface area contributed by atoms with Gasteiger partial charge < -0.3 is 5.11 Å². The summed E-state index contributed by atoms with van der Waals surface area (Å²) in [7, 11) is 0. The molecule has 0 aliphatic carbocycles. The van der Waals surface area contributed by atoms with Gasteiger partial charge in [0.15, 0.2) is 0 Å². The number of halogens is 1. The van der Waals surface area contributed by atoms with E-state index in [9.17, 15) is 4.79 Å². The highest BCUT2D eigenvalue weighted by molar-refractivity contribution is 7.99. The summed E-state index contributed by atoms with van der Waals surface area (Å²) < 4.78 is 0. The number of carboxylic acid groups (broad SMARTS) is 1. The highest BCUT2D eigenvalue weighted by Crippen LogP contribution is 2.20. The molecule has 0 spiro atoms. The summed E-state index contributed by atoms with van der Waals surface area (Å²) in [6.07, 6.45) is 0. The van der Waals surface area contributed by atoms with Crippen LogP contribution in [0, 0.1) is 0 Å². The van der Waals surface area contributed by atoms with E-state index in [0.29, 0.717) is 4.88 Å². The average molecular weight is 280 g/mol. The molecule has 6 heteroatoms. The van der Waals surface area contributed by atoms with Crippen LogP contribution in [0.3, 0.4) is 0 Å². The smallest absolute Gasteiger partial charge is 0.345 e. The van der Waals surface area contributed by atoms with Crippen LogP contribution >= 0.6 is 35.5 Å². The first-order valence-electron chi connectivity index (χ1n) is 4.88. The van der Waals surface area contributed by atoms with Gasteiger partial charge in [-0.1, -0.05) is 0 Å². The van der Waals surface area contributed by atoms with E-state index in [-0.39, 0.29) is 12.4 Å². The fourth-order valence-electron chi connectivity index (χ4n) is 1.56. The third-order valence-electron chi connectivity index (χ3n) is 2.36. The van der Waals surface area contributed by atoms with Crippen molar-refractivity contribution in [1.82, 2.24) is 4.90 Å². The predicted molar refractivity (Wildman–Crippen MR) is 71.1 cm³/mol. The second-order valence-electron chi connectivity index (χ2n) is 3.46. The Balaban J connectivity index is 0.00000128. The van der Waals surface area contributed by atoms with Crippen LogP contribution in [-0.2, 0) is 6.54 Å². The van der Waals surface area contributed by atoms with Gasteiger partial charge >= 0.3 is 5.97 Å². The molecule has 0 radical (unpaired) electrons. The lowest BCUT2D eigenvalue weighted by Gasteiger charge is -2.25. The maximum absolute atomic E-state index is 10.7. The number of carboxylic acids is 1. The molecule has 1 aliphatic heterocycles. The van der Waals surface area contributed by atoms with E-state index in [1.165, 1.54) is 22.8 Å². The molecule has 2 rings (SSSR count). The first kappa shape index (κ1) is 13.8. The summed E-state index contributed by atoms with van der Waals surface area (Å²) in [6, 6.07) is 3.62. The third-order valence-corrected chi connectivity index (χ3v) is 4.36. The number of hydrogen-bond acceptors (Lipinski definition) is 4. The van der Waals surface area contributed by atoms with E-state index >= 15 is 0 Å². The molecule has 0 bridgehead atoms. The van der Waals surface area contributed by atoms with E-state index in [1.807, 2.05) is 17.8 Å². The van der Waals surface area contributed by atoms with Gasteiger partial charge in [-0.25, -0.2) is 4.79 Å². The Morgan fingerprint density at radius 3 is 2.62 bits per heavy atom. The number of nitrogens with zero attached hydrogens (tertiary/aromatic N) is 1. The summed E-state index contributed by atoms with van der Waals surface area (Å²) in [6.45, 7) is 3.13. The number of thioether (sulfide) groups is 1. The molecule has 90 valence electrons. The van der Waals surface area contributed by atoms with E-state index < -0.39 is 5.97 Å². The van der Waals surface area contributed by atoms with E-state index in [4.69, 9.17) is 5.11 Å². The van der Waals surface area contributed by atoms with Crippen molar-refractivity contribution in [3.8, 4) is 0 Å². The van der Waals surface area contributed by atoms with Crippen molar-refractivity contribution >= 4 is 41.5 Å². The van der Waals surface area contributed by atoms with Crippen LogP contribution in [0.25, 0.3) is 0 Å². The van der Waals surface area contributed by atoms with E-state index in [0.717, 1.165) is 24.5 Å². The second-order valence-corrected chi connectivity index (χ2v) is 5.85. The normalized spacial score (nSPS) is 16.8. The van der Waals surface area contributed by atoms with E-state index in [1.54, 1.807) is 6.07 Å². The van der Waals surface area contributed by atoms with Crippen molar-refractivity contribution in [1.29, 1.82) is 0 Å². The minimum absolute atomic E-state index is 0. The molecule has 3 nitrogen and oxygen atoms in total. The standard InChI is InChI=1S/C10H13NO2S2.ClH/c12-10(13)9-2-1-8(15-9)7-11-3-5-14-6-4-11;/h1-2H,3-7H2,(H,12,13);1H. The van der Waals surface area contributed by atoms with Gasteiger partial charge in [-0.15, -0.1) is 23.7 Å². The quantitative estimate of drug-likeness (QED) is 0.923. The summed E-state index contributed by atoms with van der Waals surface area (Å²) in [5.74, 6) is 1.56. The first-order chi connectivity index (χ1) is 7.25. The van der Waals surface area contributed by atoms with Crippen LogP contribution in [0.5, 0.6) is 0 Å². The molecular formula is C10H14ClNO2S2. The molecule has 1 N–H and O–H groups in total. The number of hydrogen-bond donors (Lipinski definition) is 1. The van der Waals surface area contributed by atoms with E-state index in [2.05, 4.69) is 4.90 Å². The summed E-state index contributed by atoms with van der Waals surface area (Å²) in [5.41, 5.74) is 0. The zero-order valence-corrected chi connectivity index (χ0v) is 11.2. The lowest BCUT2D eigenvalue weighted by Crippen LogP contribution is -2.31. The van der Waals surface area contributed by atoms with Crippen LogP contribution in [0.4, 0.5) is 0 Å². The Morgan fingerprint density at radius 1 is 1.38 bits per heavy atom. The molecule has 2 heterocycles. The molecule has 0 unspecified atom stereocenters. The van der Waals surface area contributed by atoms with Crippen molar-refractivity contribution in [2.45, 2.75) is 6.54 Å². The number of aromatic carboxylic acids is 1. The molecular weight excluding hydrogens is 266 g/mol. The topological polar surface area (TPSA) is 40.5 Å². The summed E-state index contributed by atoms with van der Waals surface area (Å²) in [5, 5.41) is 8.80. The fourth-order valence-corrected chi connectivity index (χ4v) is 3.43. The van der Waals surface area contributed by atoms with Crippen LogP contribution in [0.15, 0.2) is 12.1 Å². The molecule has 16 heavy (non-hydrogen) atoms. The lowest BCUT2D eigenvalue weighted by molar-refractivity contribution is 0.0702. The molecule has 1 saturated heterocycles. The average Bonchev–Trinajstić information content (AvgIpc) is 2.68. The van der Waals surface area contributed by atoms with Gasteiger partial charge in [-0.05, 0) is 12.1 Å². The predicted octanol–water partition coefficient (Wildman–Crippen LogP) is 2.42. The monoisotopic (exact) mass is 279 g/mol. The maximum atomic E-state index is 10.7. The van der Waals surface area contributed by atoms with Gasteiger partial charge in [0, 0.05) is 36.0 Å². The van der Waals surface area contributed by atoms with Crippen LogP contribution in [-0.4, -0.2) is 40.6 Å². The number of rotatable bonds is 3. The van der Waals surface area contributed by atoms with Crippen LogP contribution < -0.4 is 0 Å². The number of thiophene rings is 1. The molecule has 1 aromatic rings. The zero-order chi connectivity index (χ0) is 10.7. The van der Waals surface area contributed by atoms with Crippen molar-refractivity contribution in [2.24, 2.45) is 0 Å². The zero-order valence-electron chi connectivity index (χ0n) is 8.72. The van der Waals surface area contributed by atoms with Gasteiger partial charge in [0.05, 0.1) is 0 Å². The fraction of sp³-hybridized carbons (Fsp3) is 0.500. The van der Waals surface area contributed by atoms with Crippen LogP contribution in [0.2, 0.25) is 0 Å². The summed E-state index contributed by atoms with van der Waals surface area (Å²) in [4.78, 5) is 14.7. The molecule has 0 saturated carbocycles. The minimum atomic E-state index is -0.819. The Morgan fingerprint density at radius 2 is 2.06 bits per heavy atom. The molecule has 1 aromatic heterocycles. The van der Waals surface area contributed by atoms with Gasteiger partial charge in [-0.2, -0.15) is 11.8 Å². The van der Waals surface area contributed by atoms with Gasteiger partial charge in [0.1, 0.15) is 4.88 Å². The van der Waals surface area contributed by atoms with Gasteiger partial charge in [0.25, 0.3) is 0 Å². The molecule has 0 atom stereocenters. The Bertz CT molecular complexity index is 350. The Hall–Kier alpha value is -0.230.